The number of sulfonamides is 1. The quantitative estimate of drug-likeness (QED) is 0.607. The van der Waals surface area contributed by atoms with Gasteiger partial charge in [-0.25, -0.2) is 27.1 Å². The van der Waals surface area contributed by atoms with Crippen molar-refractivity contribution in [1.29, 1.82) is 0 Å². The Morgan fingerprint density at radius 3 is 2.64 bits per heavy atom. The number of thiophene rings is 1. The maximum atomic E-state index is 15.6. The molecule has 0 radical (unpaired) electrons. The van der Waals surface area contributed by atoms with Crippen molar-refractivity contribution in [2.24, 2.45) is 10.7 Å². The van der Waals surface area contributed by atoms with Crippen LogP contribution in [0.15, 0.2) is 41.5 Å². The van der Waals surface area contributed by atoms with E-state index in [-0.39, 0.29) is 16.6 Å². The summed E-state index contributed by atoms with van der Waals surface area (Å²) in [6, 6.07) is 9.34. The van der Waals surface area contributed by atoms with Crippen LogP contribution in [0.4, 0.5) is 10.2 Å². The van der Waals surface area contributed by atoms with Crippen LogP contribution < -0.4 is 10.6 Å². The van der Waals surface area contributed by atoms with Crippen LogP contribution >= 0.6 is 11.3 Å². The Kier molecular flexibility index (Phi) is 5.30. The lowest BCUT2D eigenvalue weighted by molar-refractivity contribution is 0.122. The Hall–Kier alpha value is -2.76. The van der Waals surface area contributed by atoms with Gasteiger partial charge in [-0.1, -0.05) is 18.2 Å². The lowest BCUT2D eigenvalue weighted by atomic mass is 10.0. The second-order valence-corrected chi connectivity index (χ2v) is 11.4. The van der Waals surface area contributed by atoms with Crippen LogP contribution in [0.5, 0.6) is 0 Å². The molecule has 1 saturated heterocycles. The minimum absolute atomic E-state index is 0.149. The van der Waals surface area contributed by atoms with Crippen LogP contribution in [0.1, 0.15) is 11.8 Å². The molecule has 1 unspecified atom stereocenters. The lowest BCUT2D eigenvalue weighted by Crippen LogP contribution is -2.50. The van der Waals surface area contributed by atoms with Gasteiger partial charge in [-0.15, -0.1) is 11.3 Å². The number of nitrogens with zero attached hydrogens (tertiary/aromatic N) is 4. The second-order valence-electron chi connectivity index (χ2n) is 8.40. The molecular weight excluding hydrogens is 465 g/mol. The second kappa shape index (κ2) is 7.93. The smallest absolute Gasteiger partial charge is 0.239 e. The summed E-state index contributed by atoms with van der Waals surface area (Å²) >= 11 is 1.21. The first kappa shape index (κ1) is 22.1. The van der Waals surface area contributed by atoms with Crippen molar-refractivity contribution < 1.29 is 17.5 Å². The minimum atomic E-state index is -3.70. The Bertz CT molecular complexity index is 1350. The van der Waals surface area contributed by atoms with Gasteiger partial charge in [0.2, 0.25) is 16.0 Å². The Labute approximate surface area is 195 Å². The number of pyridine rings is 1. The van der Waals surface area contributed by atoms with Crippen LogP contribution in [0, 0.1) is 5.82 Å². The van der Waals surface area contributed by atoms with Crippen molar-refractivity contribution in [3.05, 3.63) is 47.2 Å². The van der Waals surface area contributed by atoms with Crippen molar-refractivity contribution >= 4 is 43.2 Å². The summed E-state index contributed by atoms with van der Waals surface area (Å²) in [6.45, 7) is 4.55. The molecule has 0 aliphatic carbocycles. The first-order valence-electron chi connectivity index (χ1n) is 10.5. The summed E-state index contributed by atoms with van der Waals surface area (Å²) in [5.74, 6) is -0.0927. The van der Waals surface area contributed by atoms with E-state index < -0.39 is 21.4 Å². The molecular formula is C22H24FN5O3S2. The number of rotatable bonds is 3. The Balaban J connectivity index is 1.57. The summed E-state index contributed by atoms with van der Waals surface area (Å²) in [6.07, 6.45) is 1.79. The fourth-order valence-corrected chi connectivity index (χ4v) is 7.09. The average molecular weight is 490 g/mol. The zero-order valence-electron chi connectivity index (χ0n) is 18.3. The van der Waals surface area contributed by atoms with Crippen LogP contribution in [0.2, 0.25) is 0 Å². The topological polar surface area (TPSA) is 101 Å². The number of morpholine rings is 1. The zero-order chi connectivity index (χ0) is 23.4. The maximum absolute atomic E-state index is 15.6. The van der Waals surface area contributed by atoms with E-state index in [1.807, 2.05) is 18.2 Å². The molecule has 0 amide bonds. The number of aromatic nitrogens is 1. The molecule has 2 aliphatic rings. The highest BCUT2D eigenvalue weighted by Gasteiger charge is 2.43. The Morgan fingerprint density at radius 1 is 1.21 bits per heavy atom. The zero-order valence-corrected chi connectivity index (χ0v) is 19.9. The van der Waals surface area contributed by atoms with E-state index in [0.717, 1.165) is 39.0 Å². The summed E-state index contributed by atoms with van der Waals surface area (Å²) in [7, 11) is -2.36. The van der Waals surface area contributed by atoms with Gasteiger partial charge >= 0.3 is 0 Å². The van der Waals surface area contributed by atoms with E-state index in [9.17, 15) is 8.42 Å². The highest BCUT2D eigenvalue weighted by molar-refractivity contribution is 7.89. The van der Waals surface area contributed by atoms with E-state index in [2.05, 4.69) is 14.9 Å². The first-order valence-corrected chi connectivity index (χ1v) is 12.9. The summed E-state index contributed by atoms with van der Waals surface area (Å²) < 4.78 is 47.8. The van der Waals surface area contributed by atoms with Gasteiger partial charge in [0.1, 0.15) is 17.2 Å². The number of hydrogen-bond acceptors (Lipinski definition) is 8. The first-order chi connectivity index (χ1) is 15.7. The highest BCUT2D eigenvalue weighted by atomic mass is 32.2. The molecule has 11 heteroatoms. The largest absolute Gasteiger partial charge is 0.378 e. The van der Waals surface area contributed by atoms with Gasteiger partial charge in [0.15, 0.2) is 0 Å². The standard InChI is InChI=1S/C22H24FN5O3S2/c1-22(13-33(29,30)27(2)21(24)26-22)20-18(23)16-5-3-4-15(19(16)32-20)14-6-7-17(25-12-14)28-8-10-31-11-9-28/h3-7,12H,8-11,13H2,1-2H3,(H2,24,26). The molecule has 0 saturated carbocycles. The number of aliphatic imine (C=N–C) groups is 1. The summed E-state index contributed by atoms with van der Waals surface area (Å²) in [5.41, 5.74) is 6.25. The van der Waals surface area contributed by atoms with Gasteiger partial charge in [-0.2, -0.15) is 0 Å². The van der Waals surface area contributed by atoms with Crippen LogP contribution in [-0.4, -0.2) is 62.8 Å². The number of fused-ring (bicyclic) bond motifs is 1. The third kappa shape index (κ3) is 3.73. The molecule has 33 heavy (non-hydrogen) atoms. The molecule has 0 bridgehead atoms. The number of halogens is 1. The molecule has 1 fully saturated rings. The van der Waals surface area contributed by atoms with E-state index in [1.54, 1.807) is 25.3 Å². The molecule has 2 aliphatic heterocycles. The molecule has 1 aromatic carbocycles. The lowest BCUT2D eigenvalue weighted by Gasteiger charge is -2.33. The number of benzene rings is 1. The molecule has 4 heterocycles. The SMILES string of the molecule is CN1C(N)=NC(C)(c2sc3c(-c4ccc(N5CCOCC5)nc4)cccc3c2F)CS1(=O)=O. The molecule has 2 N–H and O–H groups in total. The highest BCUT2D eigenvalue weighted by Crippen LogP contribution is 2.44. The van der Waals surface area contributed by atoms with Gasteiger partial charge in [0.25, 0.3) is 0 Å². The molecule has 5 rings (SSSR count). The van der Waals surface area contributed by atoms with Crippen molar-refractivity contribution in [3.63, 3.8) is 0 Å². The van der Waals surface area contributed by atoms with Gasteiger partial charge in [-0.05, 0) is 19.1 Å². The predicted octanol–water partition coefficient (Wildman–Crippen LogP) is 2.74. The van der Waals surface area contributed by atoms with E-state index in [4.69, 9.17) is 10.5 Å². The van der Waals surface area contributed by atoms with Gasteiger partial charge in [-0.3, -0.25) is 0 Å². The monoisotopic (exact) mass is 489 g/mol. The predicted molar refractivity (Wildman–Crippen MR) is 129 cm³/mol. The Morgan fingerprint density at radius 2 is 1.97 bits per heavy atom. The van der Waals surface area contributed by atoms with E-state index in [0.29, 0.717) is 18.6 Å². The minimum Gasteiger partial charge on any atom is -0.378 e. The number of anilines is 1. The van der Waals surface area contributed by atoms with Crippen molar-refractivity contribution in [2.45, 2.75) is 12.5 Å². The number of guanidine groups is 1. The van der Waals surface area contributed by atoms with Crippen LogP contribution in [-0.2, 0) is 20.3 Å². The fraction of sp³-hybridized carbons (Fsp3) is 0.364. The number of hydrogen-bond donors (Lipinski definition) is 1. The molecule has 8 nitrogen and oxygen atoms in total. The average Bonchev–Trinajstić information content (AvgIpc) is 3.15. The maximum Gasteiger partial charge on any atom is 0.239 e. The van der Waals surface area contributed by atoms with Crippen LogP contribution in [0.25, 0.3) is 21.2 Å². The fourth-order valence-electron chi connectivity index (χ4n) is 4.25. The van der Waals surface area contributed by atoms with E-state index in [1.165, 1.54) is 18.4 Å². The normalized spacial score (nSPS) is 23.1. The molecule has 174 valence electrons. The van der Waals surface area contributed by atoms with Gasteiger partial charge in [0.05, 0.1) is 23.8 Å². The van der Waals surface area contributed by atoms with Crippen molar-refractivity contribution in [3.8, 4) is 11.1 Å². The van der Waals surface area contributed by atoms with E-state index >= 15 is 4.39 Å². The molecule has 0 spiro atoms. The third-order valence-electron chi connectivity index (χ3n) is 6.10. The molecule has 1 atom stereocenters. The number of nitrogens with two attached hydrogens (primary N) is 1. The number of ether oxygens (including phenoxy) is 1. The van der Waals surface area contributed by atoms with Crippen molar-refractivity contribution in [2.75, 3.05) is 44.0 Å². The van der Waals surface area contributed by atoms with Gasteiger partial charge in [0, 0.05) is 47.5 Å². The van der Waals surface area contributed by atoms with Gasteiger partial charge < -0.3 is 15.4 Å². The molecule has 2 aromatic heterocycles. The van der Waals surface area contributed by atoms with Crippen molar-refractivity contribution in [1.82, 2.24) is 9.29 Å². The summed E-state index contributed by atoms with van der Waals surface area (Å²) in [5, 5.41) is 0.427. The molecule has 3 aromatic rings. The summed E-state index contributed by atoms with van der Waals surface area (Å²) in [4.78, 5) is 11.4. The van der Waals surface area contributed by atoms with Crippen LogP contribution in [0.3, 0.4) is 0 Å². The third-order valence-corrected chi connectivity index (χ3v) is 9.52.